The Labute approximate surface area is 85.1 Å². The molecule has 1 aliphatic rings. The molecule has 0 aliphatic carbocycles. The van der Waals surface area contributed by atoms with Crippen molar-refractivity contribution in [3.8, 4) is 0 Å². The number of nitrogens with zero attached hydrogens (tertiary/aromatic N) is 1. The number of allylic oxidation sites excluding steroid dienone is 1. The average Bonchev–Trinajstić information content (AvgIpc) is 2.26. The van der Waals surface area contributed by atoms with E-state index in [9.17, 15) is 0 Å². The van der Waals surface area contributed by atoms with Gasteiger partial charge in [0.2, 0.25) is 0 Å². The van der Waals surface area contributed by atoms with Crippen LogP contribution in [0.2, 0.25) is 0 Å². The van der Waals surface area contributed by atoms with Crippen molar-refractivity contribution < 1.29 is 0 Å². The van der Waals surface area contributed by atoms with Gasteiger partial charge in [0.05, 0.1) is 0 Å². The molecule has 2 heterocycles. The Bertz CT molecular complexity index is 331. The van der Waals surface area contributed by atoms with Crippen LogP contribution in [0.3, 0.4) is 0 Å². The number of nitrogens with one attached hydrogen (secondary N) is 1. The zero-order chi connectivity index (χ0) is 9.80. The fraction of sp³-hybridized carbons (Fsp3) is 0.417. The predicted octanol–water partition coefficient (Wildman–Crippen LogP) is 2.56. The molecule has 0 fully saturated rings. The highest BCUT2D eigenvalue weighted by atomic mass is 15.0. The summed E-state index contributed by atoms with van der Waals surface area (Å²) in [5.41, 5.74) is 2.52. The number of hydrogen-bond acceptors (Lipinski definition) is 2. The number of fused-ring (bicyclic) bond motifs is 1. The van der Waals surface area contributed by atoms with Gasteiger partial charge in [-0.25, -0.2) is 4.98 Å². The van der Waals surface area contributed by atoms with E-state index in [1.165, 1.54) is 12.0 Å². The molecule has 1 N–H and O–H groups in total. The van der Waals surface area contributed by atoms with E-state index in [2.05, 4.69) is 29.0 Å². The van der Waals surface area contributed by atoms with Crippen molar-refractivity contribution in [3.63, 3.8) is 0 Å². The van der Waals surface area contributed by atoms with Crippen molar-refractivity contribution in [1.29, 1.82) is 0 Å². The van der Waals surface area contributed by atoms with Crippen LogP contribution in [0.25, 0.3) is 0 Å². The topological polar surface area (TPSA) is 24.9 Å². The van der Waals surface area contributed by atoms with E-state index in [-0.39, 0.29) is 0 Å². The standard InChI is InChI=1S/C12H16N2/c1-2-3-6-11-8-7-10-5-4-9-13-12(10)14-11/h2,7-8H,1,3-6,9H2,(H,13,14). The normalized spacial score (nSPS) is 14.3. The lowest BCUT2D eigenvalue weighted by Gasteiger charge is -2.17. The molecule has 0 spiro atoms. The predicted molar refractivity (Wildman–Crippen MR) is 59.6 cm³/mol. The van der Waals surface area contributed by atoms with Crippen molar-refractivity contribution in [1.82, 2.24) is 4.98 Å². The van der Waals surface area contributed by atoms with Gasteiger partial charge in [0.1, 0.15) is 5.82 Å². The molecule has 14 heavy (non-hydrogen) atoms. The largest absolute Gasteiger partial charge is 0.370 e. The first-order valence-corrected chi connectivity index (χ1v) is 5.24. The lowest BCUT2D eigenvalue weighted by atomic mass is 10.1. The maximum absolute atomic E-state index is 4.59. The van der Waals surface area contributed by atoms with Crippen LogP contribution in [0.15, 0.2) is 24.8 Å². The molecule has 0 saturated heterocycles. The van der Waals surface area contributed by atoms with Crippen LogP contribution >= 0.6 is 0 Å². The van der Waals surface area contributed by atoms with Gasteiger partial charge in [0, 0.05) is 12.2 Å². The molecule has 0 unspecified atom stereocenters. The molecular weight excluding hydrogens is 172 g/mol. The van der Waals surface area contributed by atoms with E-state index in [0.29, 0.717) is 0 Å². The minimum Gasteiger partial charge on any atom is -0.370 e. The molecule has 1 aromatic rings. The summed E-state index contributed by atoms with van der Waals surface area (Å²) in [5, 5.41) is 3.34. The highest BCUT2D eigenvalue weighted by Gasteiger charge is 2.09. The summed E-state index contributed by atoms with van der Waals surface area (Å²) in [6.45, 7) is 4.78. The minimum atomic E-state index is 0.998. The Morgan fingerprint density at radius 1 is 1.50 bits per heavy atom. The van der Waals surface area contributed by atoms with Crippen molar-refractivity contribution in [2.24, 2.45) is 0 Å². The number of aromatic nitrogens is 1. The van der Waals surface area contributed by atoms with Gasteiger partial charge in [-0.1, -0.05) is 12.1 Å². The van der Waals surface area contributed by atoms with Crippen molar-refractivity contribution in [3.05, 3.63) is 36.0 Å². The molecule has 0 aromatic carbocycles. The number of pyridine rings is 1. The molecule has 1 aromatic heterocycles. The Morgan fingerprint density at radius 2 is 2.43 bits per heavy atom. The molecular formula is C12H16N2. The van der Waals surface area contributed by atoms with E-state index in [4.69, 9.17) is 0 Å². The fourth-order valence-electron chi connectivity index (χ4n) is 1.76. The molecule has 0 bridgehead atoms. The second-order valence-electron chi connectivity index (χ2n) is 3.67. The third kappa shape index (κ3) is 1.95. The number of anilines is 1. The van der Waals surface area contributed by atoms with E-state index in [1.54, 1.807) is 0 Å². The zero-order valence-electron chi connectivity index (χ0n) is 8.42. The number of hydrogen-bond donors (Lipinski definition) is 1. The van der Waals surface area contributed by atoms with Gasteiger partial charge < -0.3 is 5.32 Å². The summed E-state index contributed by atoms with van der Waals surface area (Å²) in [6, 6.07) is 4.34. The van der Waals surface area contributed by atoms with E-state index < -0.39 is 0 Å². The summed E-state index contributed by atoms with van der Waals surface area (Å²) in [7, 11) is 0. The second kappa shape index (κ2) is 4.27. The third-order valence-electron chi connectivity index (χ3n) is 2.56. The Hall–Kier alpha value is -1.31. The SMILES string of the molecule is C=CCCc1ccc2c(n1)NCCC2. The maximum Gasteiger partial charge on any atom is 0.129 e. The smallest absolute Gasteiger partial charge is 0.129 e. The lowest BCUT2D eigenvalue weighted by molar-refractivity contribution is 0.808. The summed E-state index contributed by atoms with van der Waals surface area (Å²) in [5.74, 6) is 1.10. The highest BCUT2D eigenvalue weighted by Crippen LogP contribution is 2.19. The van der Waals surface area contributed by atoms with E-state index >= 15 is 0 Å². The van der Waals surface area contributed by atoms with Gasteiger partial charge in [-0.3, -0.25) is 0 Å². The van der Waals surface area contributed by atoms with Crippen LogP contribution < -0.4 is 5.32 Å². The van der Waals surface area contributed by atoms with Crippen LogP contribution in [0.5, 0.6) is 0 Å². The van der Waals surface area contributed by atoms with Gasteiger partial charge in [0.25, 0.3) is 0 Å². The molecule has 2 heteroatoms. The van der Waals surface area contributed by atoms with Crippen molar-refractivity contribution >= 4 is 5.82 Å². The van der Waals surface area contributed by atoms with Crippen LogP contribution in [0.1, 0.15) is 24.1 Å². The van der Waals surface area contributed by atoms with E-state index in [0.717, 1.165) is 37.3 Å². The van der Waals surface area contributed by atoms with Gasteiger partial charge in [-0.05, 0) is 37.3 Å². The van der Waals surface area contributed by atoms with Gasteiger partial charge in [-0.2, -0.15) is 0 Å². The Morgan fingerprint density at radius 3 is 3.29 bits per heavy atom. The first-order valence-electron chi connectivity index (χ1n) is 5.24. The van der Waals surface area contributed by atoms with Crippen molar-refractivity contribution in [2.75, 3.05) is 11.9 Å². The molecule has 0 radical (unpaired) electrons. The first-order chi connectivity index (χ1) is 6.90. The lowest BCUT2D eigenvalue weighted by Crippen LogP contribution is -2.13. The summed E-state index contributed by atoms with van der Waals surface area (Å²) in [4.78, 5) is 4.59. The monoisotopic (exact) mass is 188 g/mol. The number of aryl methyl sites for hydroxylation is 2. The van der Waals surface area contributed by atoms with Gasteiger partial charge in [-0.15, -0.1) is 6.58 Å². The summed E-state index contributed by atoms with van der Waals surface area (Å²) in [6.07, 6.45) is 6.33. The number of rotatable bonds is 3. The summed E-state index contributed by atoms with van der Waals surface area (Å²) < 4.78 is 0. The molecule has 1 aliphatic heterocycles. The quantitative estimate of drug-likeness (QED) is 0.737. The maximum atomic E-state index is 4.59. The molecule has 74 valence electrons. The van der Waals surface area contributed by atoms with Crippen LogP contribution in [-0.2, 0) is 12.8 Å². The summed E-state index contributed by atoms with van der Waals surface area (Å²) >= 11 is 0. The van der Waals surface area contributed by atoms with Gasteiger partial charge in [0.15, 0.2) is 0 Å². The van der Waals surface area contributed by atoms with Crippen LogP contribution in [0.4, 0.5) is 5.82 Å². The highest BCUT2D eigenvalue weighted by molar-refractivity contribution is 5.46. The molecule has 0 atom stereocenters. The zero-order valence-corrected chi connectivity index (χ0v) is 8.42. The molecule has 0 saturated carbocycles. The average molecular weight is 188 g/mol. The van der Waals surface area contributed by atoms with Crippen molar-refractivity contribution in [2.45, 2.75) is 25.7 Å². The third-order valence-corrected chi connectivity index (χ3v) is 2.56. The molecule has 2 rings (SSSR count). The Balaban J connectivity index is 2.16. The fourth-order valence-corrected chi connectivity index (χ4v) is 1.76. The van der Waals surface area contributed by atoms with Crippen LogP contribution in [-0.4, -0.2) is 11.5 Å². The minimum absolute atomic E-state index is 0.998. The Kier molecular flexibility index (Phi) is 2.82. The van der Waals surface area contributed by atoms with E-state index in [1.807, 2.05) is 6.08 Å². The van der Waals surface area contributed by atoms with Gasteiger partial charge >= 0.3 is 0 Å². The van der Waals surface area contributed by atoms with Crippen LogP contribution in [0, 0.1) is 0 Å². The molecule has 0 amide bonds. The first kappa shape index (κ1) is 9.25. The molecule has 2 nitrogen and oxygen atoms in total. The second-order valence-corrected chi connectivity index (χ2v) is 3.67.